The maximum absolute atomic E-state index is 13.1. The lowest BCUT2D eigenvalue weighted by Crippen LogP contribution is -2.22. The molecule has 2 nitrogen and oxygen atoms in total. The lowest BCUT2D eigenvalue weighted by molar-refractivity contribution is -0.115. The summed E-state index contributed by atoms with van der Waals surface area (Å²) in [6.07, 6.45) is 0. The number of thioether (sulfide) groups is 1. The Morgan fingerprint density at radius 1 is 1.08 bits per heavy atom. The fourth-order valence-corrected chi connectivity index (χ4v) is 3.45. The topological polar surface area (TPSA) is 29.1 Å². The van der Waals surface area contributed by atoms with Crippen LogP contribution in [0.1, 0.15) is 6.92 Å². The van der Waals surface area contributed by atoms with E-state index in [0.29, 0.717) is 5.69 Å². The molecule has 3 rings (SSSR count). The lowest BCUT2D eigenvalue weighted by atomic mass is 10.1. The third-order valence-corrected chi connectivity index (χ3v) is 5.00. The van der Waals surface area contributed by atoms with Crippen LogP contribution in [0.3, 0.4) is 0 Å². The zero-order valence-corrected chi connectivity index (χ0v) is 14.5. The van der Waals surface area contributed by atoms with Gasteiger partial charge in [-0.1, -0.05) is 41.9 Å². The van der Waals surface area contributed by atoms with Crippen molar-refractivity contribution in [1.29, 1.82) is 0 Å². The van der Waals surface area contributed by atoms with E-state index in [1.807, 2.05) is 37.3 Å². The molecule has 0 saturated heterocycles. The minimum absolute atomic E-state index is 0.179. The minimum atomic E-state index is -0.434. The zero-order valence-electron chi connectivity index (χ0n) is 12.9. The van der Waals surface area contributed by atoms with Gasteiger partial charge in [-0.05, 0) is 48.0 Å². The molecule has 5 heteroatoms. The van der Waals surface area contributed by atoms with Crippen LogP contribution in [-0.2, 0) is 4.79 Å². The van der Waals surface area contributed by atoms with Crippen LogP contribution in [0, 0.1) is 5.82 Å². The molecule has 0 aliphatic rings. The molecule has 0 unspecified atom stereocenters. The normalized spacial score (nSPS) is 12.1. The SMILES string of the molecule is C[C@@H](Sc1ccc2ccccc2c1)C(=O)Nc1ccc(F)cc1Cl. The molecule has 0 aliphatic heterocycles. The maximum Gasteiger partial charge on any atom is 0.237 e. The van der Waals surface area contributed by atoms with Crippen LogP contribution < -0.4 is 5.32 Å². The Bertz CT molecular complexity index is 899. The van der Waals surface area contributed by atoms with Gasteiger partial charge < -0.3 is 5.32 Å². The Labute approximate surface area is 149 Å². The number of hydrogen-bond donors (Lipinski definition) is 1. The predicted molar refractivity (Wildman–Crippen MR) is 99.3 cm³/mol. The van der Waals surface area contributed by atoms with Crippen molar-refractivity contribution in [3.63, 3.8) is 0 Å². The molecule has 3 aromatic carbocycles. The number of carbonyl (C=O) groups is 1. The number of halogens is 2. The summed E-state index contributed by atoms with van der Waals surface area (Å²) in [7, 11) is 0. The second-order valence-corrected chi connectivity index (χ2v) is 7.20. The van der Waals surface area contributed by atoms with E-state index in [4.69, 9.17) is 11.6 Å². The monoisotopic (exact) mass is 359 g/mol. The van der Waals surface area contributed by atoms with Gasteiger partial charge in [-0.3, -0.25) is 4.79 Å². The molecule has 0 saturated carbocycles. The molecule has 0 aromatic heterocycles. The third kappa shape index (κ3) is 3.89. The van der Waals surface area contributed by atoms with Gasteiger partial charge in [0.05, 0.1) is 16.0 Å². The van der Waals surface area contributed by atoms with E-state index in [1.54, 1.807) is 0 Å². The smallest absolute Gasteiger partial charge is 0.237 e. The molecule has 1 amide bonds. The average molecular weight is 360 g/mol. The Balaban J connectivity index is 1.70. The molecular weight excluding hydrogens is 345 g/mol. The van der Waals surface area contributed by atoms with Crippen LogP contribution >= 0.6 is 23.4 Å². The summed E-state index contributed by atoms with van der Waals surface area (Å²) in [6, 6.07) is 18.1. The molecule has 122 valence electrons. The molecule has 0 bridgehead atoms. The van der Waals surface area contributed by atoms with Gasteiger partial charge in [-0.2, -0.15) is 0 Å². The van der Waals surface area contributed by atoms with Crippen LogP contribution in [0.4, 0.5) is 10.1 Å². The summed E-state index contributed by atoms with van der Waals surface area (Å²) in [6.45, 7) is 1.83. The van der Waals surface area contributed by atoms with Crippen LogP contribution in [0.2, 0.25) is 5.02 Å². The molecule has 0 aliphatic carbocycles. The number of anilines is 1. The maximum atomic E-state index is 13.1. The van der Waals surface area contributed by atoms with Crippen molar-refractivity contribution in [3.8, 4) is 0 Å². The quantitative estimate of drug-likeness (QED) is 0.601. The highest BCUT2D eigenvalue weighted by molar-refractivity contribution is 8.00. The van der Waals surface area contributed by atoms with Crippen molar-refractivity contribution in [1.82, 2.24) is 0 Å². The Morgan fingerprint density at radius 3 is 2.58 bits per heavy atom. The van der Waals surface area contributed by atoms with Gasteiger partial charge in [0.15, 0.2) is 0 Å². The minimum Gasteiger partial charge on any atom is -0.324 e. The number of carbonyl (C=O) groups excluding carboxylic acids is 1. The number of hydrogen-bond acceptors (Lipinski definition) is 2. The summed E-state index contributed by atoms with van der Waals surface area (Å²) < 4.78 is 13.1. The Kier molecular flexibility index (Phi) is 5.07. The van der Waals surface area contributed by atoms with Gasteiger partial charge in [0.2, 0.25) is 5.91 Å². The van der Waals surface area contributed by atoms with E-state index in [-0.39, 0.29) is 16.2 Å². The van der Waals surface area contributed by atoms with Crippen LogP contribution in [0.5, 0.6) is 0 Å². The molecule has 0 spiro atoms. The van der Waals surface area contributed by atoms with E-state index < -0.39 is 5.82 Å². The molecule has 0 fully saturated rings. The van der Waals surface area contributed by atoms with E-state index >= 15 is 0 Å². The lowest BCUT2D eigenvalue weighted by Gasteiger charge is -2.13. The molecule has 3 aromatic rings. The van der Waals surface area contributed by atoms with Crippen molar-refractivity contribution in [2.75, 3.05) is 5.32 Å². The number of fused-ring (bicyclic) bond motifs is 1. The standard InChI is InChI=1S/C19H15ClFNOS/c1-12(19(23)22-18-9-7-15(21)11-17(18)20)24-16-8-6-13-4-2-3-5-14(13)10-16/h2-12H,1H3,(H,22,23)/t12-/m1/s1. The van der Waals surface area contributed by atoms with Gasteiger partial charge in [0, 0.05) is 4.90 Å². The number of nitrogens with one attached hydrogen (secondary N) is 1. The Hall–Kier alpha value is -2.04. The average Bonchev–Trinajstić information content (AvgIpc) is 2.57. The first-order chi connectivity index (χ1) is 11.5. The predicted octanol–water partition coefficient (Wildman–Crippen LogP) is 5.75. The van der Waals surface area contributed by atoms with E-state index in [0.717, 1.165) is 15.7 Å². The largest absolute Gasteiger partial charge is 0.324 e. The van der Waals surface area contributed by atoms with E-state index in [9.17, 15) is 9.18 Å². The summed E-state index contributed by atoms with van der Waals surface area (Å²) in [5, 5.41) is 4.91. The summed E-state index contributed by atoms with van der Waals surface area (Å²) in [4.78, 5) is 13.3. The third-order valence-electron chi connectivity index (χ3n) is 3.59. The van der Waals surface area contributed by atoms with Crippen LogP contribution in [-0.4, -0.2) is 11.2 Å². The van der Waals surface area contributed by atoms with Crippen molar-refractivity contribution in [2.45, 2.75) is 17.1 Å². The van der Waals surface area contributed by atoms with Gasteiger partial charge in [-0.15, -0.1) is 11.8 Å². The van der Waals surface area contributed by atoms with Gasteiger partial charge in [0.25, 0.3) is 0 Å². The van der Waals surface area contributed by atoms with Crippen molar-refractivity contribution in [2.24, 2.45) is 0 Å². The number of rotatable bonds is 4. The first-order valence-electron chi connectivity index (χ1n) is 7.44. The number of amides is 1. The first kappa shape index (κ1) is 16.8. The highest BCUT2D eigenvalue weighted by Crippen LogP contribution is 2.29. The van der Waals surface area contributed by atoms with Gasteiger partial charge >= 0.3 is 0 Å². The summed E-state index contributed by atoms with van der Waals surface area (Å²) in [5.74, 6) is -0.613. The van der Waals surface area contributed by atoms with E-state index in [2.05, 4.69) is 17.4 Å². The van der Waals surface area contributed by atoms with Crippen LogP contribution in [0.15, 0.2) is 65.6 Å². The van der Waals surface area contributed by atoms with Crippen molar-refractivity contribution >= 4 is 45.7 Å². The second kappa shape index (κ2) is 7.24. The fraction of sp³-hybridized carbons (Fsp3) is 0.105. The zero-order chi connectivity index (χ0) is 17.1. The van der Waals surface area contributed by atoms with Crippen molar-refractivity contribution < 1.29 is 9.18 Å². The van der Waals surface area contributed by atoms with Gasteiger partial charge in [-0.25, -0.2) is 4.39 Å². The molecule has 1 atom stereocenters. The second-order valence-electron chi connectivity index (χ2n) is 5.38. The first-order valence-corrected chi connectivity index (χ1v) is 8.70. The van der Waals surface area contributed by atoms with Gasteiger partial charge in [0.1, 0.15) is 5.82 Å². The Morgan fingerprint density at radius 2 is 1.83 bits per heavy atom. The summed E-state index contributed by atoms with van der Waals surface area (Å²) >= 11 is 7.41. The summed E-state index contributed by atoms with van der Waals surface area (Å²) in [5.41, 5.74) is 0.411. The molecule has 24 heavy (non-hydrogen) atoms. The molecular formula is C19H15ClFNOS. The van der Waals surface area contributed by atoms with Crippen molar-refractivity contribution in [3.05, 3.63) is 71.5 Å². The van der Waals surface area contributed by atoms with E-state index in [1.165, 1.54) is 30.0 Å². The fourth-order valence-electron chi connectivity index (χ4n) is 2.32. The van der Waals surface area contributed by atoms with Crippen LogP contribution in [0.25, 0.3) is 10.8 Å². The molecule has 0 heterocycles. The highest BCUT2D eigenvalue weighted by Gasteiger charge is 2.16. The number of benzene rings is 3. The highest BCUT2D eigenvalue weighted by atomic mass is 35.5. The molecule has 0 radical (unpaired) electrons. The molecule has 1 N–H and O–H groups in total.